The van der Waals surface area contributed by atoms with E-state index < -0.39 is 22.3 Å². The fraction of sp³-hybridized carbons (Fsp3) is 0.897. The molecule has 3 unspecified atom stereocenters. The van der Waals surface area contributed by atoms with Crippen LogP contribution in [0.3, 0.4) is 0 Å². The third kappa shape index (κ3) is 3.08. The van der Waals surface area contributed by atoms with Gasteiger partial charge in [-0.25, -0.2) is 0 Å². The Balaban J connectivity index is 2.61. The van der Waals surface area contributed by atoms with Gasteiger partial charge in [-0.3, -0.25) is 4.79 Å². The number of allylic oxidation sites excluding steroid dienone is 2. The Kier molecular flexibility index (Phi) is 5.94. The van der Waals surface area contributed by atoms with E-state index in [1.807, 2.05) is 5.20 Å². The summed E-state index contributed by atoms with van der Waals surface area (Å²) in [6, 6.07) is 0. The summed E-state index contributed by atoms with van der Waals surface area (Å²) in [5.74, 6) is 0.898. The molecule has 1 aliphatic heterocycles. The van der Waals surface area contributed by atoms with E-state index in [0.717, 1.165) is 12.8 Å². The number of carbonyl (C=O) groups excluding carboxylic acids is 1. The van der Waals surface area contributed by atoms with Crippen LogP contribution in [-0.4, -0.2) is 28.1 Å². The van der Waals surface area contributed by atoms with Gasteiger partial charge in [0.1, 0.15) is 5.78 Å². The zero-order chi connectivity index (χ0) is 26.0. The van der Waals surface area contributed by atoms with Crippen molar-refractivity contribution in [3.63, 3.8) is 0 Å². The van der Waals surface area contributed by atoms with Crippen molar-refractivity contribution >= 4 is 28.1 Å². The summed E-state index contributed by atoms with van der Waals surface area (Å²) in [6.45, 7) is 41.4. The SMILES string of the molecule is CC(C)(C)C1=C2C1(C(C)(C)C)C1C(=O)CCCC1[Si]2([Si](C)(C)C(C)(C)C)[Si](C)(C)C(C)(C)C. The first kappa shape index (κ1) is 27.6. The van der Waals surface area contributed by atoms with Crippen molar-refractivity contribution in [2.45, 2.75) is 144 Å². The van der Waals surface area contributed by atoms with E-state index in [1.54, 1.807) is 5.57 Å². The lowest BCUT2D eigenvalue weighted by Gasteiger charge is -2.63. The highest BCUT2D eigenvalue weighted by Gasteiger charge is 2.87. The minimum Gasteiger partial charge on any atom is -0.299 e. The van der Waals surface area contributed by atoms with Crippen LogP contribution in [0.2, 0.25) is 41.8 Å². The predicted octanol–water partition coefficient (Wildman–Crippen LogP) is 9.29. The first-order chi connectivity index (χ1) is 14.4. The van der Waals surface area contributed by atoms with Gasteiger partial charge < -0.3 is 0 Å². The Morgan fingerprint density at radius 1 is 0.788 bits per heavy atom. The Morgan fingerprint density at radius 3 is 1.55 bits per heavy atom. The average Bonchev–Trinajstić information content (AvgIpc) is 3.17. The Bertz CT molecular complexity index is 854. The van der Waals surface area contributed by atoms with Gasteiger partial charge in [-0.2, -0.15) is 0 Å². The van der Waals surface area contributed by atoms with E-state index in [9.17, 15) is 4.79 Å². The molecule has 0 aromatic rings. The predicted molar refractivity (Wildman–Crippen MR) is 155 cm³/mol. The molecular formula is C29H56OSi3. The summed E-state index contributed by atoms with van der Waals surface area (Å²) < 4.78 is 0. The van der Waals surface area contributed by atoms with Gasteiger partial charge in [0.25, 0.3) is 0 Å². The molecule has 0 N–H and O–H groups in total. The van der Waals surface area contributed by atoms with E-state index in [-0.39, 0.29) is 22.2 Å². The molecule has 190 valence electrons. The Morgan fingerprint density at radius 2 is 1.21 bits per heavy atom. The van der Waals surface area contributed by atoms with Gasteiger partial charge in [-0.05, 0) is 32.9 Å². The third-order valence-electron chi connectivity index (χ3n) is 11.7. The number of hydrogen-bond donors (Lipinski definition) is 0. The fourth-order valence-electron chi connectivity index (χ4n) is 9.05. The lowest BCUT2D eigenvalue weighted by atomic mass is 9.59. The highest BCUT2D eigenvalue weighted by atomic mass is 29.6. The van der Waals surface area contributed by atoms with Crippen LogP contribution in [0.25, 0.3) is 0 Å². The molecule has 0 spiro atoms. The first-order valence-corrected chi connectivity index (χ1v) is 23.7. The van der Waals surface area contributed by atoms with Gasteiger partial charge in [0.2, 0.25) is 0 Å². The molecule has 33 heavy (non-hydrogen) atoms. The zero-order valence-corrected chi connectivity index (χ0v) is 28.2. The number of carbonyl (C=O) groups is 1. The van der Waals surface area contributed by atoms with Gasteiger partial charge in [0, 0.05) is 32.9 Å². The highest BCUT2D eigenvalue weighted by Crippen LogP contribution is 2.86. The summed E-state index contributed by atoms with van der Waals surface area (Å²) in [4.78, 5) is 14.1. The van der Waals surface area contributed by atoms with Crippen LogP contribution >= 0.6 is 0 Å². The van der Waals surface area contributed by atoms with E-state index in [4.69, 9.17) is 0 Å². The van der Waals surface area contributed by atoms with Gasteiger partial charge in [-0.1, -0.05) is 126 Å². The summed E-state index contributed by atoms with van der Waals surface area (Å²) >= 11 is 0. The largest absolute Gasteiger partial charge is 0.299 e. The molecule has 1 nitrogen and oxygen atoms in total. The van der Waals surface area contributed by atoms with Crippen molar-refractivity contribution in [3.8, 4) is 0 Å². The second-order valence-electron chi connectivity index (χ2n) is 17.1. The molecule has 0 aromatic heterocycles. The molecule has 1 saturated heterocycles. The quantitative estimate of drug-likeness (QED) is 0.342. The van der Waals surface area contributed by atoms with Crippen molar-refractivity contribution in [1.82, 2.24) is 0 Å². The zero-order valence-electron chi connectivity index (χ0n) is 25.2. The van der Waals surface area contributed by atoms with Crippen LogP contribution in [0.15, 0.2) is 10.8 Å². The van der Waals surface area contributed by atoms with Crippen molar-refractivity contribution in [3.05, 3.63) is 10.8 Å². The Labute approximate surface area is 209 Å². The molecule has 1 saturated carbocycles. The molecule has 3 aliphatic rings. The van der Waals surface area contributed by atoms with Gasteiger partial charge in [-0.15, -0.1) is 0 Å². The molecule has 2 aliphatic carbocycles. The third-order valence-corrected chi connectivity index (χ3v) is 57.7. The fourth-order valence-corrected chi connectivity index (χ4v) is 65.9. The average molecular weight is 505 g/mol. The van der Waals surface area contributed by atoms with E-state index >= 15 is 0 Å². The molecule has 2 fully saturated rings. The van der Waals surface area contributed by atoms with Crippen LogP contribution in [0.1, 0.15) is 102 Å². The maximum absolute atomic E-state index is 14.1. The van der Waals surface area contributed by atoms with E-state index in [2.05, 4.69) is 109 Å². The number of hydrogen-bond acceptors (Lipinski definition) is 1. The van der Waals surface area contributed by atoms with Gasteiger partial charge in [0.15, 0.2) is 0 Å². The Hall–Kier alpha value is 0.0606. The highest BCUT2D eigenvalue weighted by molar-refractivity contribution is 7.73. The first-order valence-electron chi connectivity index (χ1n) is 13.7. The summed E-state index contributed by atoms with van der Waals surface area (Å²) in [6.07, 6.45) is 3.28. The van der Waals surface area contributed by atoms with E-state index in [1.165, 1.54) is 6.42 Å². The normalized spacial score (nSPS) is 31.0. The number of fused-ring (bicyclic) bond motifs is 3. The van der Waals surface area contributed by atoms with E-state index in [0.29, 0.717) is 21.4 Å². The minimum atomic E-state index is -2.01. The van der Waals surface area contributed by atoms with Crippen LogP contribution in [0.5, 0.6) is 0 Å². The lowest BCUT2D eigenvalue weighted by molar-refractivity contribution is -0.128. The summed E-state index contributed by atoms with van der Waals surface area (Å²) in [7, 11) is -5.58. The summed E-state index contributed by atoms with van der Waals surface area (Å²) in [5.41, 5.74) is 2.76. The minimum absolute atomic E-state index is 0.0602. The maximum atomic E-state index is 14.1. The smallest absolute Gasteiger partial charge is 0.137 e. The van der Waals surface area contributed by atoms with Gasteiger partial charge >= 0.3 is 0 Å². The number of rotatable bonds is 2. The molecule has 0 bridgehead atoms. The maximum Gasteiger partial charge on any atom is 0.137 e. The second kappa shape index (κ2) is 7.09. The van der Waals surface area contributed by atoms with Crippen molar-refractivity contribution in [2.24, 2.45) is 22.2 Å². The molecular weight excluding hydrogens is 449 g/mol. The standard InChI is InChI=1S/C29H56OSi3/c1-25(2,3)23-24-29(23,26(4,5)6)22-20(30)18-17-19-21(22)33(24,31(13,14)27(7,8)9)32(15,16)28(10,11)12/h21-22H,17-19H2,1-16H3. The monoisotopic (exact) mass is 504 g/mol. The lowest BCUT2D eigenvalue weighted by Crippen LogP contribution is -2.80. The van der Waals surface area contributed by atoms with Crippen molar-refractivity contribution in [1.29, 1.82) is 0 Å². The molecule has 0 aromatic carbocycles. The van der Waals surface area contributed by atoms with Crippen LogP contribution < -0.4 is 0 Å². The van der Waals surface area contributed by atoms with Crippen LogP contribution in [0.4, 0.5) is 0 Å². The molecule has 4 heteroatoms. The van der Waals surface area contributed by atoms with Gasteiger partial charge in [0.05, 0.1) is 7.11 Å². The summed E-state index contributed by atoms with van der Waals surface area (Å²) in [5, 5.41) is 2.65. The number of ketones is 1. The molecule has 3 rings (SSSR count). The molecule has 0 radical (unpaired) electrons. The van der Waals surface area contributed by atoms with Crippen molar-refractivity contribution in [2.75, 3.05) is 0 Å². The second-order valence-corrected chi connectivity index (χ2v) is 43.1. The topological polar surface area (TPSA) is 17.1 Å². The van der Waals surface area contributed by atoms with Crippen molar-refractivity contribution < 1.29 is 4.79 Å². The number of Topliss-reactive ketones (excluding diaryl/α,β-unsaturated/α-hetero) is 1. The molecule has 0 amide bonds. The molecule has 1 heterocycles. The van der Waals surface area contributed by atoms with Crippen LogP contribution in [-0.2, 0) is 4.79 Å². The van der Waals surface area contributed by atoms with Crippen LogP contribution in [0, 0.1) is 22.2 Å². The molecule has 3 atom stereocenters.